The van der Waals surface area contributed by atoms with Gasteiger partial charge in [-0.1, -0.05) is 76.2 Å². The molecular weight excluding hydrogens is 378 g/mol. The average Bonchev–Trinajstić information content (AvgIpc) is 2.99. The Bertz CT molecular complexity index is 863. The zero-order chi connectivity index (χ0) is 21.9. The Morgan fingerprint density at radius 3 is 1.83 bits per heavy atom. The van der Waals surface area contributed by atoms with E-state index in [9.17, 15) is 14.7 Å². The van der Waals surface area contributed by atoms with Gasteiger partial charge in [-0.05, 0) is 46.9 Å². The molecule has 0 unspecified atom stereocenters. The molecule has 0 fully saturated rings. The zero-order valence-corrected chi connectivity index (χ0v) is 18.1. The van der Waals surface area contributed by atoms with Gasteiger partial charge in [0.1, 0.15) is 12.1 Å². The third kappa shape index (κ3) is 4.50. The van der Waals surface area contributed by atoms with Crippen LogP contribution < -0.4 is 5.32 Å². The first kappa shape index (κ1) is 21.9. The van der Waals surface area contributed by atoms with Crippen molar-refractivity contribution < 1.29 is 19.4 Å². The van der Waals surface area contributed by atoms with Crippen molar-refractivity contribution in [3.63, 3.8) is 0 Å². The SMILES string of the molecule is CC(C)CC(CC(C)C)(NC(=O)OCC1c2ccccc2-c2ccccc21)C(=O)O. The maximum Gasteiger partial charge on any atom is 0.408 e. The summed E-state index contributed by atoms with van der Waals surface area (Å²) in [6.07, 6.45) is 0.0238. The molecule has 3 rings (SSSR count). The van der Waals surface area contributed by atoms with E-state index in [0.717, 1.165) is 22.3 Å². The number of carboxylic acid groups (broad SMARTS) is 1. The number of fused-ring (bicyclic) bond motifs is 3. The highest BCUT2D eigenvalue weighted by Crippen LogP contribution is 2.44. The fourth-order valence-electron chi connectivity index (χ4n) is 4.64. The maximum absolute atomic E-state index is 12.7. The van der Waals surface area contributed by atoms with Crippen molar-refractivity contribution >= 4 is 12.1 Å². The fourth-order valence-corrected chi connectivity index (χ4v) is 4.64. The number of hydrogen-bond acceptors (Lipinski definition) is 3. The van der Waals surface area contributed by atoms with Gasteiger partial charge in [0.25, 0.3) is 0 Å². The molecule has 2 N–H and O–H groups in total. The molecule has 0 spiro atoms. The second-order valence-electron chi connectivity index (χ2n) is 9.03. The van der Waals surface area contributed by atoms with Crippen LogP contribution in [0.5, 0.6) is 0 Å². The highest BCUT2D eigenvalue weighted by molar-refractivity contribution is 5.84. The summed E-state index contributed by atoms with van der Waals surface area (Å²) in [6.45, 7) is 7.99. The lowest BCUT2D eigenvalue weighted by Gasteiger charge is -2.33. The molecule has 30 heavy (non-hydrogen) atoms. The van der Waals surface area contributed by atoms with Crippen LogP contribution in [0.3, 0.4) is 0 Å². The molecule has 0 aromatic heterocycles. The van der Waals surface area contributed by atoms with E-state index in [-0.39, 0.29) is 24.4 Å². The molecular formula is C25H31NO4. The number of carboxylic acids is 1. The third-order valence-corrected chi connectivity index (χ3v) is 5.61. The van der Waals surface area contributed by atoms with E-state index in [1.54, 1.807) is 0 Å². The smallest absolute Gasteiger partial charge is 0.408 e. The third-order valence-electron chi connectivity index (χ3n) is 5.61. The Morgan fingerprint density at radius 2 is 1.40 bits per heavy atom. The first-order chi connectivity index (χ1) is 14.2. The van der Waals surface area contributed by atoms with Crippen LogP contribution in [0.4, 0.5) is 4.79 Å². The standard InChI is InChI=1S/C25H31NO4/c1-16(2)13-25(23(27)28,14-17(3)4)26-24(29)30-15-22-20-11-7-5-9-18(20)19-10-6-8-12-21(19)22/h5-12,16-17,22H,13-15H2,1-4H3,(H,26,29)(H,27,28). The molecule has 1 aliphatic rings. The minimum Gasteiger partial charge on any atom is -0.480 e. The molecule has 1 amide bonds. The molecule has 0 bridgehead atoms. The number of ether oxygens (including phenoxy) is 1. The first-order valence-corrected chi connectivity index (χ1v) is 10.6. The highest BCUT2D eigenvalue weighted by atomic mass is 16.5. The second-order valence-corrected chi connectivity index (χ2v) is 9.03. The number of carbonyl (C=O) groups is 2. The number of rotatable bonds is 8. The van der Waals surface area contributed by atoms with Crippen molar-refractivity contribution in [2.24, 2.45) is 11.8 Å². The number of hydrogen-bond donors (Lipinski definition) is 2. The van der Waals surface area contributed by atoms with Crippen molar-refractivity contribution in [1.29, 1.82) is 0 Å². The van der Waals surface area contributed by atoms with Crippen LogP contribution in [-0.4, -0.2) is 29.3 Å². The maximum atomic E-state index is 12.7. The lowest BCUT2D eigenvalue weighted by Crippen LogP contribution is -2.56. The Morgan fingerprint density at radius 1 is 0.933 bits per heavy atom. The zero-order valence-electron chi connectivity index (χ0n) is 18.1. The monoisotopic (exact) mass is 409 g/mol. The molecule has 0 saturated carbocycles. The van der Waals surface area contributed by atoms with Gasteiger partial charge in [0.2, 0.25) is 0 Å². The number of nitrogens with one attached hydrogen (secondary N) is 1. The van der Waals surface area contributed by atoms with E-state index >= 15 is 0 Å². The summed E-state index contributed by atoms with van der Waals surface area (Å²) in [5.74, 6) is -0.835. The highest BCUT2D eigenvalue weighted by Gasteiger charge is 2.42. The van der Waals surface area contributed by atoms with Crippen LogP contribution in [0.1, 0.15) is 57.6 Å². The molecule has 1 aliphatic carbocycles. The van der Waals surface area contributed by atoms with Gasteiger partial charge >= 0.3 is 12.1 Å². The van der Waals surface area contributed by atoms with E-state index in [0.29, 0.717) is 12.8 Å². The minimum absolute atomic E-state index is 0.0578. The molecule has 0 heterocycles. The van der Waals surface area contributed by atoms with Crippen LogP contribution in [-0.2, 0) is 9.53 Å². The van der Waals surface area contributed by atoms with Gasteiger partial charge in [-0.15, -0.1) is 0 Å². The largest absolute Gasteiger partial charge is 0.480 e. The van der Waals surface area contributed by atoms with Gasteiger partial charge in [0.05, 0.1) is 0 Å². The Hall–Kier alpha value is -2.82. The van der Waals surface area contributed by atoms with Crippen molar-refractivity contribution in [2.45, 2.75) is 52.0 Å². The summed E-state index contributed by atoms with van der Waals surface area (Å²) >= 11 is 0. The molecule has 5 heteroatoms. The second kappa shape index (κ2) is 8.90. The van der Waals surface area contributed by atoms with Crippen molar-refractivity contribution in [2.75, 3.05) is 6.61 Å². The Kier molecular flexibility index (Phi) is 6.49. The average molecular weight is 410 g/mol. The van der Waals surface area contributed by atoms with Crippen LogP contribution in [0.25, 0.3) is 11.1 Å². The number of benzene rings is 2. The van der Waals surface area contributed by atoms with Crippen LogP contribution >= 0.6 is 0 Å². The van der Waals surface area contributed by atoms with Crippen LogP contribution in [0.2, 0.25) is 0 Å². The van der Waals surface area contributed by atoms with E-state index in [4.69, 9.17) is 4.74 Å². The topological polar surface area (TPSA) is 75.6 Å². The summed E-state index contributed by atoms with van der Waals surface area (Å²) in [4.78, 5) is 24.9. The summed E-state index contributed by atoms with van der Waals surface area (Å²) < 4.78 is 5.60. The lowest BCUT2D eigenvalue weighted by molar-refractivity contribution is -0.146. The van der Waals surface area contributed by atoms with E-state index < -0.39 is 17.6 Å². The lowest BCUT2D eigenvalue weighted by atomic mass is 9.82. The summed E-state index contributed by atoms with van der Waals surface area (Å²) in [5, 5.41) is 12.6. The number of alkyl carbamates (subject to hydrolysis) is 1. The van der Waals surface area contributed by atoms with E-state index in [1.807, 2.05) is 52.0 Å². The van der Waals surface area contributed by atoms with Gasteiger partial charge < -0.3 is 15.2 Å². The molecule has 0 aliphatic heterocycles. The van der Waals surface area contributed by atoms with E-state index in [1.165, 1.54) is 0 Å². The van der Waals surface area contributed by atoms with Crippen LogP contribution in [0, 0.1) is 11.8 Å². The number of amides is 1. The van der Waals surface area contributed by atoms with Crippen LogP contribution in [0.15, 0.2) is 48.5 Å². The Labute approximate surface area is 178 Å². The summed E-state index contributed by atoms with van der Waals surface area (Å²) in [5.41, 5.74) is 3.23. The van der Waals surface area contributed by atoms with Gasteiger partial charge in [-0.25, -0.2) is 9.59 Å². The quantitative estimate of drug-likeness (QED) is 0.609. The fraction of sp³-hybridized carbons (Fsp3) is 0.440. The van der Waals surface area contributed by atoms with Crippen molar-refractivity contribution in [3.8, 4) is 11.1 Å². The summed E-state index contributed by atoms with van der Waals surface area (Å²) in [6, 6.07) is 16.2. The van der Waals surface area contributed by atoms with Gasteiger partial charge in [0.15, 0.2) is 0 Å². The number of aliphatic carboxylic acids is 1. The first-order valence-electron chi connectivity index (χ1n) is 10.6. The van der Waals surface area contributed by atoms with Crippen molar-refractivity contribution in [3.05, 3.63) is 59.7 Å². The van der Waals surface area contributed by atoms with Gasteiger partial charge in [0, 0.05) is 5.92 Å². The van der Waals surface area contributed by atoms with E-state index in [2.05, 4.69) is 29.6 Å². The van der Waals surface area contributed by atoms with Gasteiger partial charge in [-0.3, -0.25) is 0 Å². The molecule has 0 saturated heterocycles. The Balaban J connectivity index is 1.77. The molecule has 0 atom stereocenters. The predicted octanol–water partition coefficient (Wildman–Crippen LogP) is 5.44. The minimum atomic E-state index is -1.33. The molecule has 5 nitrogen and oxygen atoms in total. The summed E-state index contributed by atoms with van der Waals surface area (Å²) in [7, 11) is 0. The molecule has 2 aromatic carbocycles. The number of carbonyl (C=O) groups excluding carboxylic acids is 1. The normalized spacial score (nSPS) is 13.3. The molecule has 0 radical (unpaired) electrons. The molecule has 160 valence electrons. The van der Waals surface area contributed by atoms with Crippen molar-refractivity contribution in [1.82, 2.24) is 5.32 Å². The van der Waals surface area contributed by atoms with Gasteiger partial charge in [-0.2, -0.15) is 0 Å². The molecule has 2 aromatic rings. The predicted molar refractivity (Wildman–Crippen MR) is 117 cm³/mol.